The summed E-state index contributed by atoms with van der Waals surface area (Å²) in [4.78, 5) is 4.36. The van der Waals surface area contributed by atoms with Crippen molar-refractivity contribution in [3.8, 4) is 11.7 Å². The number of nitrogens with zero attached hydrogens (tertiary/aromatic N) is 3. The predicted octanol–water partition coefficient (Wildman–Crippen LogP) is 5.79. The van der Waals surface area contributed by atoms with E-state index in [0.717, 1.165) is 11.4 Å². The Kier molecular flexibility index (Phi) is 20.6. The molecule has 0 spiro atoms. The average Bonchev–Trinajstić information content (AvgIpc) is 3.17. The molecular weight excluding hydrogens is 414 g/mol. The Hall–Kier alpha value is -2.61. The third-order valence-electron chi connectivity index (χ3n) is 3.17. The molecule has 0 unspecified atom stereocenters. The number of aryl methyl sites for hydroxylation is 1. The Morgan fingerprint density at radius 1 is 1.06 bits per heavy atom. The molecule has 0 bridgehead atoms. The van der Waals surface area contributed by atoms with Crippen LogP contribution >= 0.6 is 0 Å². The Labute approximate surface area is 189 Å². The lowest BCUT2D eigenvalue weighted by Gasteiger charge is -2.03. The zero-order chi connectivity index (χ0) is 25.0. The van der Waals surface area contributed by atoms with Crippen molar-refractivity contribution in [1.82, 2.24) is 14.8 Å². The van der Waals surface area contributed by atoms with Crippen LogP contribution in [-0.4, -0.2) is 43.7 Å². The fraction of sp³-hybridized carbons (Fsp3) is 0.478. The molecule has 8 heteroatoms. The Bertz CT molecular complexity index is 840. The van der Waals surface area contributed by atoms with Crippen molar-refractivity contribution in [2.24, 2.45) is 0 Å². The van der Waals surface area contributed by atoms with Gasteiger partial charge in [-0.05, 0) is 52.0 Å². The molecule has 0 atom stereocenters. The van der Waals surface area contributed by atoms with Gasteiger partial charge in [-0.1, -0.05) is 39.8 Å². The number of hydrogen-bond donors (Lipinski definition) is 0. The second-order valence-electron chi connectivity index (χ2n) is 5.34. The molecule has 0 aliphatic rings. The topological polar surface area (TPSA) is 83.3 Å². The highest BCUT2D eigenvalue weighted by Crippen LogP contribution is 2.15. The van der Waals surface area contributed by atoms with E-state index in [0.29, 0.717) is 5.82 Å². The summed E-state index contributed by atoms with van der Waals surface area (Å²) in [6.07, 6.45) is 4.84. The first kappa shape index (κ1) is 33.0. The zero-order valence-corrected chi connectivity index (χ0v) is 21.9. The number of allylic oxidation sites excluding steroid dienone is 3. The van der Waals surface area contributed by atoms with Gasteiger partial charge in [0.15, 0.2) is 9.84 Å². The van der Waals surface area contributed by atoms with Gasteiger partial charge in [0.05, 0.1) is 30.6 Å². The van der Waals surface area contributed by atoms with Crippen LogP contribution in [0.25, 0.3) is 5.69 Å². The van der Waals surface area contributed by atoms with Crippen LogP contribution in [0.2, 0.25) is 0 Å². The normalized spacial score (nSPS) is 9.71. The summed E-state index contributed by atoms with van der Waals surface area (Å²) >= 11 is 0. The molecule has 0 saturated heterocycles. The number of aromatic nitrogens is 3. The van der Waals surface area contributed by atoms with Gasteiger partial charge in [0.2, 0.25) is 0 Å². The van der Waals surface area contributed by atoms with Crippen LogP contribution < -0.4 is 4.74 Å². The van der Waals surface area contributed by atoms with E-state index in [2.05, 4.69) is 16.7 Å². The van der Waals surface area contributed by atoms with Crippen LogP contribution in [0.1, 0.15) is 54.3 Å². The van der Waals surface area contributed by atoms with Gasteiger partial charge < -0.3 is 9.47 Å². The molecule has 0 radical (unpaired) electrons. The summed E-state index contributed by atoms with van der Waals surface area (Å²) in [5.41, 5.74) is 0.732. The van der Waals surface area contributed by atoms with E-state index < -0.39 is 9.84 Å². The number of hydrogen-bond acceptors (Lipinski definition) is 6. The second kappa shape index (κ2) is 19.4. The highest BCUT2D eigenvalue weighted by atomic mass is 32.2. The van der Waals surface area contributed by atoms with E-state index in [-0.39, 0.29) is 10.9 Å². The van der Waals surface area contributed by atoms with Gasteiger partial charge in [-0.2, -0.15) is 4.98 Å². The lowest BCUT2D eigenvalue weighted by molar-refractivity contribution is 0.293. The maximum atomic E-state index is 11.3. The minimum atomic E-state index is -3.18. The largest absolute Gasteiger partial charge is 0.502 e. The van der Waals surface area contributed by atoms with Crippen molar-refractivity contribution in [3.63, 3.8) is 0 Å². The van der Waals surface area contributed by atoms with Gasteiger partial charge in [-0.25, -0.2) is 13.1 Å². The van der Waals surface area contributed by atoms with Gasteiger partial charge in [-0.15, -0.1) is 11.7 Å². The molecule has 2 rings (SSSR count). The lowest BCUT2D eigenvalue weighted by atomic mass is 10.3. The fourth-order valence-corrected chi connectivity index (χ4v) is 2.28. The molecule has 1 aromatic carbocycles. The van der Waals surface area contributed by atoms with Crippen LogP contribution in [0.15, 0.2) is 53.7 Å². The smallest absolute Gasteiger partial charge is 0.335 e. The van der Waals surface area contributed by atoms with Gasteiger partial charge in [-0.3, -0.25) is 0 Å². The van der Waals surface area contributed by atoms with Gasteiger partial charge in [0, 0.05) is 6.26 Å². The summed E-state index contributed by atoms with van der Waals surface area (Å²) < 4.78 is 34.0. The summed E-state index contributed by atoms with van der Waals surface area (Å²) in [7, 11) is -0.0274. The van der Waals surface area contributed by atoms with E-state index in [1.807, 2.05) is 54.5 Å². The summed E-state index contributed by atoms with van der Waals surface area (Å²) in [6, 6.07) is 6.71. The Morgan fingerprint density at radius 3 is 1.77 bits per heavy atom. The van der Waals surface area contributed by atoms with Crippen LogP contribution in [0, 0.1) is 6.92 Å². The molecule has 0 saturated carbocycles. The summed E-state index contributed by atoms with van der Waals surface area (Å²) in [6.45, 7) is 18.9. The van der Waals surface area contributed by atoms with Crippen LogP contribution in [0.4, 0.5) is 0 Å². The quantitative estimate of drug-likeness (QED) is 0.429. The maximum absolute atomic E-state index is 11.3. The van der Waals surface area contributed by atoms with E-state index in [9.17, 15) is 8.42 Å². The number of sulfone groups is 1. The molecule has 0 aliphatic heterocycles. The molecule has 0 aliphatic carbocycles. The molecule has 178 valence electrons. The number of ether oxygens (including phenoxy) is 2. The molecule has 2 aromatic rings. The zero-order valence-electron chi connectivity index (χ0n) is 21.1. The molecule has 1 heterocycles. The van der Waals surface area contributed by atoms with Crippen molar-refractivity contribution in [3.05, 3.63) is 54.6 Å². The molecule has 0 amide bonds. The molecule has 0 N–H and O–H groups in total. The van der Waals surface area contributed by atoms with Gasteiger partial charge in [0.1, 0.15) is 5.82 Å². The second-order valence-corrected chi connectivity index (χ2v) is 7.35. The number of rotatable bonds is 4. The van der Waals surface area contributed by atoms with E-state index in [1.165, 1.54) is 25.5 Å². The van der Waals surface area contributed by atoms with Gasteiger partial charge in [0.25, 0.3) is 0 Å². The summed E-state index contributed by atoms with van der Waals surface area (Å²) in [5, 5.41) is 4.12. The maximum Gasteiger partial charge on any atom is 0.335 e. The first-order valence-corrected chi connectivity index (χ1v) is 12.1. The first-order valence-electron chi connectivity index (χ1n) is 10.2. The highest BCUT2D eigenvalue weighted by molar-refractivity contribution is 7.90. The fourth-order valence-electron chi connectivity index (χ4n) is 1.65. The van der Waals surface area contributed by atoms with E-state index in [4.69, 9.17) is 9.47 Å². The standard InChI is InChI=1S/C11H13N3O3S.C5H10O.C3H6.2C2H6/c1-8-12-11(17-2)13-14(8)9-4-6-10(7-5-9)18(3,15)16;1-4-5(2)6-3;1-3-2;2*1-2/h4-7H,1-3H3;4H,1-3H3;3H,1H2,2H3;2*1-2H3/b;5-4+;;;. The number of benzene rings is 1. The SMILES string of the molecule is C/C=C(\C)OC.C=CC.CC.CC.COc1nc(C)n(-c2ccc(S(C)(=O)=O)cc2)n1. The van der Waals surface area contributed by atoms with Crippen molar-refractivity contribution >= 4 is 9.84 Å². The predicted molar refractivity (Wildman–Crippen MR) is 131 cm³/mol. The van der Waals surface area contributed by atoms with Crippen LogP contribution in [0.5, 0.6) is 6.01 Å². The highest BCUT2D eigenvalue weighted by Gasteiger charge is 2.10. The molecular formula is C23H41N3O4S. The average molecular weight is 456 g/mol. The third-order valence-corrected chi connectivity index (χ3v) is 4.30. The van der Waals surface area contributed by atoms with Crippen molar-refractivity contribution in [1.29, 1.82) is 0 Å². The molecule has 1 aromatic heterocycles. The third kappa shape index (κ3) is 14.1. The van der Waals surface area contributed by atoms with Crippen LogP contribution in [-0.2, 0) is 14.6 Å². The van der Waals surface area contributed by atoms with E-state index >= 15 is 0 Å². The van der Waals surface area contributed by atoms with E-state index in [1.54, 1.807) is 36.9 Å². The van der Waals surface area contributed by atoms with Gasteiger partial charge >= 0.3 is 6.01 Å². The lowest BCUT2D eigenvalue weighted by Crippen LogP contribution is -2.01. The van der Waals surface area contributed by atoms with Crippen molar-refractivity contribution < 1.29 is 17.9 Å². The first-order chi connectivity index (χ1) is 14.6. The number of methoxy groups -OCH3 is 2. The molecule has 0 fully saturated rings. The molecule has 31 heavy (non-hydrogen) atoms. The monoisotopic (exact) mass is 455 g/mol. The minimum Gasteiger partial charge on any atom is -0.502 e. The summed E-state index contributed by atoms with van der Waals surface area (Å²) in [5.74, 6) is 1.63. The van der Waals surface area contributed by atoms with Crippen LogP contribution in [0.3, 0.4) is 0 Å². The van der Waals surface area contributed by atoms with Crippen molar-refractivity contribution in [2.45, 2.75) is 60.3 Å². The minimum absolute atomic E-state index is 0.274. The van der Waals surface area contributed by atoms with Crippen molar-refractivity contribution in [2.75, 3.05) is 20.5 Å². The Morgan fingerprint density at radius 2 is 1.52 bits per heavy atom. The molecule has 7 nitrogen and oxygen atoms in total. The Balaban J connectivity index is -0.000000505.